The zero-order valence-corrected chi connectivity index (χ0v) is 23.1. The first kappa shape index (κ1) is 28.0. The Morgan fingerprint density at radius 2 is 1.75 bits per heavy atom. The van der Waals surface area contributed by atoms with E-state index in [1.165, 1.54) is 12.7 Å². The van der Waals surface area contributed by atoms with Crippen LogP contribution >= 0.6 is 11.8 Å². The topological polar surface area (TPSA) is 152 Å². The van der Waals surface area contributed by atoms with E-state index >= 15 is 0 Å². The molecule has 5 N–H and O–H groups in total. The second kappa shape index (κ2) is 12.3. The number of thioether (sulfide) groups is 1. The second-order valence-corrected chi connectivity index (χ2v) is 11.0. The fraction of sp³-hybridized carbons (Fsp3) is 0.357. The molecule has 12 heteroatoms. The van der Waals surface area contributed by atoms with Gasteiger partial charge in [-0.3, -0.25) is 9.36 Å². The number of benzene rings is 2. The first-order valence-electron chi connectivity index (χ1n) is 13.0. The predicted octanol–water partition coefficient (Wildman–Crippen LogP) is 1.48. The van der Waals surface area contributed by atoms with Crippen molar-refractivity contribution in [3.8, 4) is 0 Å². The first-order valence-corrected chi connectivity index (χ1v) is 14.0. The van der Waals surface area contributed by atoms with E-state index in [2.05, 4.69) is 44.5 Å². The van der Waals surface area contributed by atoms with Gasteiger partial charge in [-0.1, -0.05) is 60.7 Å². The van der Waals surface area contributed by atoms with Crippen molar-refractivity contribution in [2.24, 2.45) is 5.73 Å². The molecular weight excluding hydrogens is 530 g/mol. The summed E-state index contributed by atoms with van der Waals surface area (Å²) in [5.41, 5.74) is 9.56. The van der Waals surface area contributed by atoms with Crippen LogP contribution in [0.15, 0.2) is 73.3 Å². The van der Waals surface area contributed by atoms with Crippen LogP contribution in [0.5, 0.6) is 0 Å². The molecule has 0 unspecified atom stereocenters. The summed E-state index contributed by atoms with van der Waals surface area (Å²) in [5, 5.41) is 24.0. The fourth-order valence-corrected chi connectivity index (χ4v) is 6.10. The highest BCUT2D eigenvalue weighted by Gasteiger charge is 2.46. The molecule has 1 aliphatic rings. The van der Waals surface area contributed by atoms with Crippen molar-refractivity contribution in [1.29, 1.82) is 0 Å². The molecule has 210 valence electrons. The Labute approximate surface area is 236 Å². The number of aliphatic hydroxyl groups is 2. The number of carbonyl (C=O) groups excluding carboxylic acids is 1. The van der Waals surface area contributed by atoms with Gasteiger partial charge in [0.25, 0.3) is 0 Å². The Kier molecular flexibility index (Phi) is 8.62. The van der Waals surface area contributed by atoms with E-state index in [-0.39, 0.29) is 5.25 Å². The SMILES string of the molecule is CN(C)c1ncnc2c1ncn2[C@@H]1O[C@H](CO)[C@@H](NC(=O)[C@H](N)CSC(c2ccccc2)c2ccccc2)[C@H]1O. The average molecular weight is 564 g/mol. The van der Waals surface area contributed by atoms with Crippen LogP contribution < -0.4 is 16.0 Å². The van der Waals surface area contributed by atoms with E-state index in [1.54, 1.807) is 16.3 Å². The Balaban J connectivity index is 1.28. The summed E-state index contributed by atoms with van der Waals surface area (Å²) in [6.45, 7) is -0.406. The number of hydrogen-bond donors (Lipinski definition) is 4. The van der Waals surface area contributed by atoms with E-state index in [0.717, 1.165) is 11.1 Å². The molecule has 5 atom stereocenters. The number of imidazole rings is 1. The van der Waals surface area contributed by atoms with Gasteiger partial charge < -0.3 is 30.9 Å². The lowest BCUT2D eigenvalue weighted by Crippen LogP contribution is -2.53. The summed E-state index contributed by atoms with van der Waals surface area (Å²) < 4.78 is 7.56. The molecule has 2 aromatic heterocycles. The summed E-state index contributed by atoms with van der Waals surface area (Å²) in [6.07, 6.45) is -0.0394. The maximum absolute atomic E-state index is 13.2. The zero-order valence-electron chi connectivity index (χ0n) is 22.2. The van der Waals surface area contributed by atoms with Crippen LogP contribution in [-0.4, -0.2) is 86.4 Å². The van der Waals surface area contributed by atoms with Gasteiger partial charge in [-0.05, 0) is 11.1 Å². The van der Waals surface area contributed by atoms with E-state index < -0.39 is 43.0 Å². The smallest absolute Gasteiger partial charge is 0.238 e. The van der Waals surface area contributed by atoms with Crippen LogP contribution in [0.2, 0.25) is 0 Å². The predicted molar refractivity (Wildman–Crippen MR) is 154 cm³/mol. The van der Waals surface area contributed by atoms with Crippen molar-refractivity contribution >= 4 is 34.7 Å². The third-order valence-electron chi connectivity index (χ3n) is 6.88. The third-order valence-corrected chi connectivity index (χ3v) is 8.31. The van der Waals surface area contributed by atoms with Crippen molar-refractivity contribution in [2.75, 3.05) is 31.4 Å². The minimum Gasteiger partial charge on any atom is -0.394 e. The van der Waals surface area contributed by atoms with Gasteiger partial charge in [-0.25, -0.2) is 15.0 Å². The quantitative estimate of drug-likeness (QED) is 0.223. The molecule has 0 radical (unpaired) electrons. The van der Waals surface area contributed by atoms with Crippen LogP contribution in [0.4, 0.5) is 5.82 Å². The van der Waals surface area contributed by atoms with Crippen LogP contribution in [0.3, 0.4) is 0 Å². The number of aromatic nitrogens is 4. The van der Waals surface area contributed by atoms with Crippen molar-refractivity contribution in [2.45, 2.75) is 35.8 Å². The minimum atomic E-state index is -1.18. The van der Waals surface area contributed by atoms with E-state index in [9.17, 15) is 15.0 Å². The first-order chi connectivity index (χ1) is 19.4. The Bertz CT molecular complexity index is 1380. The molecule has 2 aromatic carbocycles. The molecule has 0 bridgehead atoms. The minimum absolute atomic E-state index is 0.000191. The highest BCUT2D eigenvalue weighted by atomic mass is 32.2. The summed E-state index contributed by atoms with van der Waals surface area (Å²) in [6, 6.07) is 18.4. The largest absolute Gasteiger partial charge is 0.394 e. The molecular formula is C28H33N7O4S. The number of hydrogen-bond acceptors (Lipinski definition) is 10. The maximum atomic E-state index is 13.2. The molecule has 11 nitrogen and oxygen atoms in total. The van der Waals surface area contributed by atoms with Gasteiger partial charge in [0, 0.05) is 19.8 Å². The van der Waals surface area contributed by atoms with Gasteiger partial charge in [-0.15, -0.1) is 11.8 Å². The molecule has 1 saturated heterocycles. The van der Waals surface area contributed by atoms with Crippen LogP contribution in [0.1, 0.15) is 22.6 Å². The standard InChI is InChI=1S/C28H33N7O4S/c1-34(2)25-22-26(31-15-30-25)35(16-32-22)28-23(37)21(20(13-36)39-28)33-27(38)19(29)14-40-24(17-9-5-3-6-10-17)18-11-7-4-8-12-18/h3-12,15-16,19-21,23-24,28,36-37H,13-14,29H2,1-2H3,(H,33,38)/t19-,20-,21-,23-,28-/m1/s1. The van der Waals surface area contributed by atoms with Gasteiger partial charge >= 0.3 is 0 Å². The second-order valence-electron chi connectivity index (χ2n) is 9.83. The number of amides is 1. The van der Waals surface area contributed by atoms with Crippen LogP contribution in [0.25, 0.3) is 11.2 Å². The number of nitrogens with two attached hydrogens (primary N) is 1. The molecule has 1 aliphatic heterocycles. The highest BCUT2D eigenvalue weighted by Crippen LogP contribution is 2.36. The lowest BCUT2D eigenvalue weighted by Gasteiger charge is -2.24. The van der Waals surface area contributed by atoms with Gasteiger partial charge in [0.1, 0.15) is 18.5 Å². The molecule has 1 fully saturated rings. The molecule has 0 aliphatic carbocycles. The van der Waals surface area contributed by atoms with Gasteiger partial charge in [0.2, 0.25) is 5.91 Å². The number of nitrogens with zero attached hydrogens (tertiary/aromatic N) is 5. The number of fused-ring (bicyclic) bond motifs is 1. The molecule has 0 saturated carbocycles. The van der Waals surface area contributed by atoms with E-state index in [1.807, 2.05) is 55.4 Å². The number of nitrogens with one attached hydrogen (secondary N) is 1. The average Bonchev–Trinajstić information content (AvgIpc) is 3.54. The van der Waals surface area contributed by atoms with Crippen LogP contribution in [-0.2, 0) is 9.53 Å². The van der Waals surface area contributed by atoms with Crippen molar-refractivity contribution in [3.63, 3.8) is 0 Å². The van der Waals surface area contributed by atoms with E-state index in [4.69, 9.17) is 10.5 Å². The third kappa shape index (κ3) is 5.67. The molecule has 0 spiro atoms. The Morgan fingerprint density at radius 3 is 2.35 bits per heavy atom. The number of aliphatic hydroxyl groups excluding tert-OH is 2. The van der Waals surface area contributed by atoms with Gasteiger partial charge in [-0.2, -0.15) is 0 Å². The van der Waals surface area contributed by atoms with Crippen molar-refractivity contribution in [3.05, 3.63) is 84.4 Å². The van der Waals surface area contributed by atoms with Gasteiger partial charge in [0.05, 0.1) is 30.3 Å². The van der Waals surface area contributed by atoms with Crippen LogP contribution in [0, 0.1) is 0 Å². The summed E-state index contributed by atoms with van der Waals surface area (Å²) in [5.74, 6) is 0.521. The zero-order chi connectivity index (χ0) is 28.2. The summed E-state index contributed by atoms with van der Waals surface area (Å²) >= 11 is 1.57. The Hall–Kier alpha value is -3.55. The van der Waals surface area contributed by atoms with Crippen molar-refractivity contribution < 1.29 is 19.7 Å². The number of rotatable bonds is 10. The van der Waals surface area contributed by atoms with Crippen molar-refractivity contribution in [1.82, 2.24) is 24.8 Å². The summed E-state index contributed by atoms with van der Waals surface area (Å²) in [7, 11) is 3.69. The fourth-order valence-electron chi connectivity index (χ4n) is 4.85. The Morgan fingerprint density at radius 1 is 1.10 bits per heavy atom. The lowest BCUT2D eigenvalue weighted by molar-refractivity contribution is -0.123. The molecule has 3 heterocycles. The maximum Gasteiger partial charge on any atom is 0.238 e. The summed E-state index contributed by atoms with van der Waals surface area (Å²) in [4.78, 5) is 28.0. The normalized spacial score (nSPS) is 21.6. The number of ether oxygens (including phenoxy) is 1. The molecule has 4 aromatic rings. The van der Waals surface area contributed by atoms with Gasteiger partial charge in [0.15, 0.2) is 23.2 Å². The monoisotopic (exact) mass is 563 g/mol. The number of anilines is 1. The molecule has 40 heavy (non-hydrogen) atoms. The highest BCUT2D eigenvalue weighted by molar-refractivity contribution is 7.99. The number of carbonyl (C=O) groups is 1. The lowest BCUT2D eigenvalue weighted by atomic mass is 10.0. The molecule has 5 rings (SSSR count). The van der Waals surface area contributed by atoms with E-state index in [0.29, 0.717) is 22.7 Å². The molecule has 1 amide bonds.